The Bertz CT molecular complexity index is 438. The summed E-state index contributed by atoms with van der Waals surface area (Å²) in [6.45, 7) is 2.20. The molecule has 90 valence electrons. The minimum absolute atomic E-state index is 0.370. The second kappa shape index (κ2) is 5.10. The smallest absolute Gasteiger partial charge is 0.125 e. The van der Waals surface area contributed by atoms with E-state index in [2.05, 4.69) is 34.2 Å². The Kier molecular flexibility index (Phi) is 3.73. The summed E-state index contributed by atoms with van der Waals surface area (Å²) in [5, 5.41) is 12.9. The van der Waals surface area contributed by atoms with Crippen LogP contribution in [0.25, 0.3) is 0 Å². The fourth-order valence-electron chi connectivity index (χ4n) is 2.56. The molecule has 0 aromatic heterocycles. The van der Waals surface area contributed by atoms with Crippen LogP contribution in [-0.2, 0) is 0 Å². The van der Waals surface area contributed by atoms with Gasteiger partial charge in [0.2, 0.25) is 0 Å². The van der Waals surface area contributed by atoms with Gasteiger partial charge in [-0.15, -0.1) is 0 Å². The maximum Gasteiger partial charge on any atom is 0.125 e. The molecular weight excluding hydrogens is 276 g/mol. The van der Waals surface area contributed by atoms with Crippen molar-refractivity contribution in [3.8, 4) is 6.07 Å². The van der Waals surface area contributed by atoms with Crippen LogP contribution in [0.4, 0.5) is 5.69 Å². The average molecular weight is 293 g/mol. The van der Waals surface area contributed by atoms with E-state index >= 15 is 0 Å². The molecular formula is C14H17BrN2. The second-order valence-electron chi connectivity index (χ2n) is 4.82. The van der Waals surface area contributed by atoms with Gasteiger partial charge in [0.05, 0.1) is 6.07 Å². The lowest BCUT2D eigenvalue weighted by atomic mass is 9.96. The van der Waals surface area contributed by atoms with Gasteiger partial charge in [-0.25, -0.2) is 0 Å². The molecule has 1 N–H and O–H groups in total. The maximum atomic E-state index is 9.45. The zero-order valence-corrected chi connectivity index (χ0v) is 11.6. The monoisotopic (exact) mass is 292 g/mol. The van der Waals surface area contributed by atoms with Crippen LogP contribution in [0.2, 0.25) is 0 Å². The highest BCUT2D eigenvalue weighted by molar-refractivity contribution is 9.10. The van der Waals surface area contributed by atoms with E-state index in [1.165, 1.54) is 6.42 Å². The predicted octanol–water partition coefficient (Wildman–Crippen LogP) is 4.33. The molecule has 1 saturated carbocycles. The third-order valence-electron chi connectivity index (χ3n) is 3.66. The van der Waals surface area contributed by atoms with Crippen molar-refractivity contribution < 1.29 is 0 Å². The summed E-state index contributed by atoms with van der Waals surface area (Å²) in [6, 6.07) is 10.5. The zero-order chi connectivity index (χ0) is 12.3. The van der Waals surface area contributed by atoms with Crippen LogP contribution in [0.3, 0.4) is 0 Å². The van der Waals surface area contributed by atoms with Crippen LogP contribution in [0, 0.1) is 17.2 Å². The lowest BCUT2D eigenvalue weighted by Crippen LogP contribution is -2.33. The minimum atomic E-state index is -0.370. The summed E-state index contributed by atoms with van der Waals surface area (Å²) < 4.78 is 1.02. The van der Waals surface area contributed by atoms with Crippen molar-refractivity contribution in [2.45, 2.75) is 38.1 Å². The molecule has 2 nitrogen and oxygen atoms in total. The van der Waals surface area contributed by atoms with Gasteiger partial charge in [0.1, 0.15) is 5.54 Å². The van der Waals surface area contributed by atoms with Crippen LogP contribution in [-0.4, -0.2) is 5.54 Å². The van der Waals surface area contributed by atoms with Crippen LogP contribution in [0.5, 0.6) is 0 Å². The minimum Gasteiger partial charge on any atom is -0.366 e. The van der Waals surface area contributed by atoms with Crippen molar-refractivity contribution in [2.24, 2.45) is 5.92 Å². The highest BCUT2D eigenvalue weighted by Crippen LogP contribution is 2.39. The lowest BCUT2D eigenvalue weighted by Gasteiger charge is -2.24. The number of anilines is 1. The molecule has 1 aliphatic rings. The highest BCUT2D eigenvalue weighted by Gasteiger charge is 2.38. The number of para-hydroxylation sites is 1. The number of hydrogen-bond acceptors (Lipinski definition) is 2. The number of nitrogens with one attached hydrogen (secondary N) is 1. The van der Waals surface area contributed by atoms with E-state index in [1.807, 2.05) is 24.3 Å². The molecule has 3 heteroatoms. The predicted molar refractivity (Wildman–Crippen MR) is 73.7 cm³/mol. The second-order valence-corrected chi connectivity index (χ2v) is 5.67. The van der Waals surface area contributed by atoms with E-state index < -0.39 is 0 Å². The molecule has 1 aromatic carbocycles. The summed E-state index contributed by atoms with van der Waals surface area (Å²) in [5.74, 6) is 0.685. The first-order valence-corrected chi connectivity index (χ1v) is 6.92. The third-order valence-corrected chi connectivity index (χ3v) is 4.35. The SMILES string of the molecule is CCC1CCC(C#N)(Nc2ccccc2Br)C1. The first-order valence-electron chi connectivity index (χ1n) is 6.13. The Morgan fingerprint density at radius 2 is 2.29 bits per heavy atom. The van der Waals surface area contributed by atoms with Crippen molar-refractivity contribution >= 4 is 21.6 Å². The third kappa shape index (κ3) is 2.63. The Morgan fingerprint density at radius 3 is 2.88 bits per heavy atom. The van der Waals surface area contributed by atoms with Crippen LogP contribution in [0.15, 0.2) is 28.7 Å². The number of benzene rings is 1. The summed E-state index contributed by atoms with van der Waals surface area (Å²) in [5.41, 5.74) is 0.649. The van der Waals surface area contributed by atoms with Gasteiger partial charge in [0.15, 0.2) is 0 Å². The zero-order valence-electron chi connectivity index (χ0n) is 10.0. The van der Waals surface area contributed by atoms with E-state index in [-0.39, 0.29) is 5.54 Å². The highest BCUT2D eigenvalue weighted by atomic mass is 79.9. The van der Waals surface area contributed by atoms with Crippen molar-refractivity contribution in [2.75, 3.05) is 5.32 Å². The summed E-state index contributed by atoms with van der Waals surface area (Å²) in [6.07, 6.45) is 4.23. The Hall–Kier alpha value is -1.01. The van der Waals surface area contributed by atoms with Crippen LogP contribution >= 0.6 is 15.9 Å². The number of rotatable bonds is 3. The van der Waals surface area contributed by atoms with Gasteiger partial charge < -0.3 is 5.32 Å². The first-order chi connectivity index (χ1) is 8.19. The van der Waals surface area contributed by atoms with Crippen molar-refractivity contribution in [1.29, 1.82) is 5.26 Å². The molecule has 0 radical (unpaired) electrons. The number of nitriles is 1. The average Bonchev–Trinajstić information content (AvgIpc) is 2.76. The van der Waals surface area contributed by atoms with Gasteiger partial charge in [-0.3, -0.25) is 0 Å². The van der Waals surface area contributed by atoms with E-state index in [4.69, 9.17) is 0 Å². The fourth-order valence-corrected chi connectivity index (χ4v) is 2.94. The Labute approximate surface area is 111 Å². The largest absolute Gasteiger partial charge is 0.366 e. The topological polar surface area (TPSA) is 35.8 Å². The van der Waals surface area contributed by atoms with E-state index in [0.717, 1.165) is 29.4 Å². The molecule has 2 rings (SSSR count). The van der Waals surface area contributed by atoms with Gasteiger partial charge in [-0.2, -0.15) is 5.26 Å². The number of halogens is 1. The van der Waals surface area contributed by atoms with E-state index in [0.29, 0.717) is 5.92 Å². The molecule has 17 heavy (non-hydrogen) atoms. The van der Waals surface area contributed by atoms with Crippen molar-refractivity contribution in [3.63, 3.8) is 0 Å². The molecule has 0 spiro atoms. The molecule has 1 aromatic rings. The van der Waals surface area contributed by atoms with Gasteiger partial charge in [0, 0.05) is 10.2 Å². The number of nitrogens with zero attached hydrogens (tertiary/aromatic N) is 1. The van der Waals surface area contributed by atoms with E-state index in [1.54, 1.807) is 0 Å². The molecule has 0 saturated heterocycles. The van der Waals surface area contributed by atoms with Gasteiger partial charge in [-0.05, 0) is 53.2 Å². The molecule has 0 aliphatic heterocycles. The quantitative estimate of drug-likeness (QED) is 0.900. The standard InChI is InChI=1S/C14H17BrN2/c1-2-11-7-8-14(9-11,10-16)17-13-6-4-3-5-12(13)15/h3-6,11,17H,2,7-9H2,1H3. The van der Waals surface area contributed by atoms with Crippen molar-refractivity contribution in [1.82, 2.24) is 0 Å². The van der Waals surface area contributed by atoms with Crippen LogP contribution < -0.4 is 5.32 Å². The molecule has 0 heterocycles. The molecule has 0 bridgehead atoms. The fraction of sp³-hybridized carbons (Fsp3) is 0.500. The first kappa shape index (κ1) is 12.4. The Morgan fingerprint density at radius 1 is 1.53 bits per heavy atom. The van der Waals surface area contributed by atoms with Crippen molar-refractivity contribution in [3.05, 3.63) is 28.7 Å². The molecule has 2 atom stereocenters. The Balaban J connectivity index is 2.17. The van der Waals surface area contributed by atoms with Crippen LogP contribution in [0.1, 0.15) is 32.6 Å². The van der Waals surface area contributed by atoms with Gasteiger partial charge >= 0.3 is 0 Å². The lowest BCUT2D eigenvalue weighted by molar-refractivity contribution is 0.503. The molecule has 1 fully saturated rings. The normalized spacial score (nSPS) is 27.7. The molecule has 1 aliphatic carbocycles. The summed E-state index contributed by atoms with van der Waals surface area (Å²) in [4.78, 5) is 0. The summed E-state index contributed by atoms with van der Waals surface area (Å²) in [7, 11) is 0. The van der Waals surface area contributed by atoms with Gasteiger partial charge in [0.25, 0.3) is 0 Å². The van der Waals surface area contributed by atoms with E-state index in [9.17, 15) is 5.26 Å². The summed E-state index contributed by atoms with van der Waals surface area (Å²) >= 11 is 3.52. The number of hydrogen-bond donors (Lipinski definition) is 1. The molecule has 2 unspecified atom stereocenters. The molecule has 0 amide bonds. The maximum absolute atomic E-state index is 9.45. The van der Waals surface area contributed by atoms with Gasteiger partial charge in [-0.1, -0.05) is 25.5 Å².